The van der Waals surface area contributed by atoms with Gasteiger partial charge in [0.25, 0.3) is 0 Å². The molecule has 5 heteroatoms. The second-order valence-electron chi connectivity index (χ2n) is 10.1. The van der Waals surface area contributed by atoms with Gasteiger partial charge in [-0.05, 0) is 65.6 Å². The fourth-order valence-corrected chi connectivity index (χ4v) is 5.71. The topological polar surface area (TPSA) is 48.6 Å². The molecule has 196 valence electrons. The molecule has 7 rings (SSSR count). The number of aromatic nitrogens is 1. The zero-order chi connectivity index (χ0) is 27.8. The molecule has 0 atom stereocenters. The van der Waals surface area contributed by atoms with Crippen LogP contribution in [0.15, 0.2) is 152 Å². The Morgan fingerprint density at radius 3 is 1.88 bits per heavy atom. The summed E-state index contributed by atoms with van der Waals surface area (Å²) in [7, 11) is -1.52. The zero-order valence-electron chi connectivity index (χ0n) is 22.3. The number of fused-ring (bicyclic) bond motifs is 3. The van der Waals surface area contributed by atoms with E-state index >= 15 is 0 Å². The molecule has 0 saturated heterocycles. The van der Waals surface area contributed by atoms with Gasteiger partial charge in [-0.15, -0.1) is 0 Å². The maximum absolute atomic E-state index is 9.73. The van der Waals surface area contributed by atoms with Crippen molar-refractivity contribution in [2.24, 2.45) is 0 Å². The van der Waals surface area contributed by atoms with Crippen molar-refractivity contribution in [3.63, 3.8) is 0 Å². The molecule has 1 aromatic heterocycles. The summed E-state index contributed by atoms with van der Waals surface area (Å²) in [6, 6.07) is 51.8. The minimum Gasteiger partial charge on any atom is -0.423 e. The molecule has 41 heavy (non-hydrogen) atoms. The normalized spacial score (nSPS) is 11.2. The van der Waals surface area contributed by atoms with E-state index in [1.807, 2.05) is 24.3 Å². The van der Waals surface area contributed by atoms with E-state index in [2.05, 4.69) is 125 Å². The van der Waals surface area contributed by atoms with Gasteiger partial charge in [-0.3, -0.25) is 0 Å². The molecule has 1 heterocycles. The van der Waals surface area contributed by atoms with Crippen LogP contribution in [0.4, 0.5) is 17.1 Å². The van der Waals surface area contributed by atoms with Crippen molar-refractivity contribution < 1.29 is 10.0 Å². The highest BCUT2D eigenvalue weighted by molar-refractivity contribution is 6.58. The Balaban J connectivity index is 1.48. The molecule has 0 aliphatic carbocycles. The molecule has 0 spiro atoms. The molecule has 0 fully saturated rings. The lowest BCUT2D eigenvalue weighted by Crippen LogP contribution is -2.29. The first-order valence-corrected chi connectivity index (χ1v) is 13.7. The third-order valence-corrected chi connectivity index (χ3v) is 7.61. The van der Waals surface area contributed by atoms with Gasteiger partial charge in [0, 0.05) is 33.4 Å². The number of anilines is 3. The maximum atomic E-state index is 9.73. The van der Waals surface area contributed by atoms with Gasteiger partial charge in [0.1, 0.15) is 0 Å². The smallest absolute Gasteiger partial charge is 0.423 e. The molecular weight excluding hydrogens is 503 g/mol. The molecule has 0 radical (unpaired) electrons. The average Bonchev–Trinajstić information content (AvgIpc) is 3.36. The number of hydrogen-bond donors (Lipinski definition) is 2. The largest absolute Gasteiger partial charge is 0.488 e. The number of nitrogens with zero attached hydrogens (tertiary/aromatic N) is 2. The predicted octanol–water partition coefficient (Wildman–Crippen LogP) is 7.60. The highest BCUT2D eigenvalue weighted by atomic mass is 16.4. The van der Waals surface area contributed by atoms with Crippen molar-refractivity contribution in [3.05, 3.63) is 152 Å². The molecule has 0 aliphatic rings. The SMILES string of the molecule is OB(O)c1ccc(N(c2ccc3c(c2)c2ccccc2n3-c2ccccc2)c2ccccc2-c2ccccc2)cc1. The van der Waals surface area contributed by atoms with Gasteiger partial charge in [-0.2, -0.15) is 0 Å². The van der Waals surface area contributed by atoms with Crippen LogP contribution in [-0.4, -0.2) is 21.7 Å². The molecular formula is C36H27BN2O2. The lowest BCUT2D eigenvalue weighted by molar-refractivity contribution is 0.426. The molecule has 0 aliphatic heterocycles. The summed E-state index contributed by atoms with van der Waals surface area (Å²) in [5, 5.41) is 21.8. The van der Waals surface area contributed by atoms with E-state index in [1.54, 1.807) is 12.1 Å². The highest BCUT2D eigenvalue weighted by Crippen LogP contribution is 2.42. The minimum absolute atomic E-state index is 0.450. The van der Waals surface area contributed by atoms with E-state index in [1.165, 1.54) is 5.39 Å². The Bertz CT molecular complexity index is 1970. The van der Waals surface area contributed by atoms with Crippen LogP contribution in [0.3, 0.4) is 0 Å². The van der Waals surface area contributed by atoms with E-state index in [9.17, 15) is 10.0 Å². The third kappa shape index (κ3) is 4.47. The molecule has 0 unspecified atom stereocenters. The van der Waals surface area contributed by atoms with Gasteiger partial charge in [0.15, 0.2) is 0 Å². The Hall–Kier alpha value is -5.10. The van der Waals surface area contributed by atoms with E-state index in [4.69, 9.17) is 0 Å². The van der Waals surface area contributed by atoms with Crippen LogP contribution in [0.1, 0.15) is 0 Å². The second kappa shape index (κ2) is 10.5. The summed E-state index contributed by atoms with van der Waals surface area (Å²) < 4.78 is 2.31. The van der Waals surface area contributed by atoms with Crippen LogP contribution < -0.4 is 10.4 Å². The van der Waals surface area contributed by atoms with Crippen molar-refractivity contribution in [1.82, 2.24) is 4.57 Å². The first kappa shape index (κ1) is 24.9. The molecule has 7 aromatic rings. The quantitative estimate of drug-likeness (QED) is 0.218. The zero-order valence-corrected chi connectivity index (χ0v) is 22.3. The van der Waals surface area contributed by atoms with Gasteiger partial charge < -0.3 is 19.5 Å². The summed E-state index contributed by atoms with van der Waals surface area (Å²) >= 11 is 0. The molecule has 0 bridgehead atoms. The maximum Gasteiger partial charge on any atom is 0.488 e. The van der Waals surface area contributed by atoms with Gasteiger partial charge in [-0.1, -0.05) is 97.1 Å². The van der Waals surface area contributed by atoms with Crippen molar-refractivity contribution in [3.8, 4) is 16.8 Å². The summed E-state index contributed by atoms with van der Waals surface area (Å²) in [5.74, 6) is 0. The van der Waals surface area contributed by atoms with Gasteiger partial charge >= 0.3 is 7.12 Å². The fourth-order valence-electron chi connectivity index (χ4n) is 5.71. The first-order valence-electron chi connectivity index (χ1n) is 13.7. The molecule has 4 nitrogen and oxygen atoms in total. The van der Waals surface area contributed by atoms with Gasteiger partial charge in [-0.25, -0.2) is 0 Å². The van der Waals surface area contributed by atoms with E-state index in [0.717, 1.165) is 50.3 Å². The van der Waals surface area contributed by atoms with Gasteiger partial charge in [0.05, 0.1) is 16.7 Å². The summed E-state index contributed by atoms with van der Waals surface area (Å²) in [5.41, 5.74) is 9.05. The van der Waals surface area contributed by atoms with Crippen LogP contribution >= 0.6 is 0 Å². The van der Waals surface area contributed by atoms with E-state index in [-0.39, 0.29) is 0 Å². The first-order chi connectivity index (χ1) is 20.2. The van der Waals surface area contributed by atoms with Crippen LogP contribution in [-0.2, 0) is 0 Å². The van der Waals surface area contributed by atoms with Crippen LogP contribution in [0.2, 0.25) is 0 Å². The van der Waals surface area contributed by atoms with Crippen LogP contribution in [0, 0.1) is 0 Å². The van der Waals surface area contributed by atoms with Crippen molar-refractivity contribution >= 4 is 51.4 Å². The molecule has 2 N–H and O–H groups in total. The predicted molar refractivity (Wildman–Crippen MR) is 171 cm³/mol. The van der Waals surface area contributed by atoms with Crippen molar-refractivity contribution in [1.29, 1.82) is 0 Å². The van der Waals surface area contributed by atoms with E-state index < -0.39 is 7.12 Å². The monoisotopic (exact) mass is 530 g/mol. The van der Waals surface area contributed by atoms with E-state index in [0.29, 0.717) is 5.46 Å². The second-order valence-corrected chi connectivity index (χ2v) is 10.1. The summed E-state index contributed by atoms with van der Waals surface area (Å²) in [4.78, 5) is 2.24. The van der Waals surface area contributed by atoms with Gasteiger partial charge in [0.2, 0.25) is 0 Å². The lowest BCUT2D eigenvalue weighted by atomic mass is 9.80. The number of para-hydroxylation sites is 3. The Kier molecular flexibility index (Phi) is 6.36. The molecule has 0 amide bonds. The van der Waals surface area contributed by atoms with Crippen LogP contribution in [0.25, 0.3) is 38.6 Å². The number of hydrogen-bond acceptors (Lipinski definition) is 3. The standard InChI is InChI=1S/C36H27BN2O2/c40-37(41)27-19-21-29(22-20-27)38(34-17-9-7-15-31(34)26-11-3-1-4-12-26)30-23-24-36-33(25-30)32-16-8-10-18-35(32)39(36)28-13-5-2-6-14-28/h1-25,40-41H. The minimum atomic E-state index is -1.52. The Labute approximate surface area is 239 Å². The Morgan fingerprint density at radius 2 is 1.12 bits per heavy atom. The summed E-state index contributed by atoms with van der Waals surface area (Å²) in [6.07, 6.45) is 0. The lowest BCUT2D eigenvalue weighted by Gasteiger charge is -2.28. The average molecular weight is 530 g/mol. The third-order valence-electron chi connectivity index (χ3n) is 7.61. The number of rotatable bonds is 6. The van der Waals surface area contributed by atoms with Crippen LogP contribution in [0.5, 0.6) is 0 Å². The van der Waals surface area contributed by atoms with Crippen molar-refractivity contribution in [2.45, 2.75) is 0 Å². The summed E-state index contributed by atoms with van der Waals surface area (Å²) in [6.45, 7) is 0. The molecule has 6 aromatic carbocycles. The fraction of sp³-hybridized carbons (Fsp3) is 0. The number of benzene rings is 6. The molecule has 0 saturated carbocycles. The van der Waals surface area contributed by atoms with Crippen molar-refractivity contribution in [2.75, 3.05) is 4.90 Å². The Morgan fingerprint density at radius 1 is 0.512 bits per heavy atom. The highest BCUT2D eigenvalue weighted by Gasteiger charge is 2.20.